The first kappa shape index (κ1) is 11.3. The van der Waals surface area contributed by atoms with E-state index in [1.54, 1.807) is 0 Å². The van der Waals surface area contributed by atoms with Crippen molar-refractivity contribution in [3.05, 3.63) is 35.5 Å². The summed E-state index contributed by atoms with van der Waals surface area (Å²) in [4.78, 5) is 23.8. The van der Waals surface area contributed by atoms with E-state index >= 15 is 0 Å². The fraction of sp³-hybridized carbons (Fsp3) is 0.429. The van der Waals surface area contributed by atoms with E-state index < -0.39 is 11.9 Å². The van der Waals surface area contributed by atoms with Crippen LogP contribution in [0.3, 0.4) is 0 Å². The average Bonchev–Trinajstić information content (AvgIpc) is 2.35. The molecule has 0 fully saturated rings. The Morgan fingerprint density at radius 3 is 1.50 bits per heavy atom. The summed E-state index contributed by atoms with van der Waals surface area (Å²) in [5.41, 5.74) is 0.949. The van der Waals surface area contributed by atoms with E-state index in [9.17, 15) is 9.59 Å². The summed E-state index contributed by atoms with van der Waals surface area (Å²) in [6.45, 7) is 0. The maximum Gasteiger partial charge on any atom is 0.334 e. The normalized spacial score (nSPS) is 35.0. The molecule has 0 saturated heterocycles. The van der Waals surface area contributed by atoms with Gasteiger partial charge in [0, 0.05) is 11.8 Å². The summed E-state index contributed by atoms with van der Waals surface area (Å²) >= 11 is 0. The molecular formula is C14H14O4. The highest BCUT2D eigenvalue weighted by Gasteiger charge is 2.50. The lowest BCUT2D eigenvalue weighted by atomic mass is 9.55. The summed E-state index contributed by atoms with van der Waals surface area (Å²) in [6, 6.07) is 0. The van der Waals surface area contributed by atoms with Gasteiger partial charge in [-0.25, -0.2) is 9.59 Å². The fourth-order valence-electron chi connectivity index (χ4n) is 3.23. The van der Waals surface area contributed by atoms with E-state index in [-0.39, 0.29) is 11.8 Å². The Morgan fingerprint density at radius 2 is 1.22 bits per heavy atom. The third-order valence-corrected chi connectivity index (χ3v) is 4.12. The van der Waals surface area contributed by atoms with Crippen molar-refractivity contribution in [2.45, 2.75) is 0 Å². The van der Waals surface area contributed by atoms with E-state index in [0.29, 0.717) is 23.0 Å². The van der Waals surface area contributed by atoms with Crippen molar-refractivity contribution < 1.29 is 19.1 Å². The summed E-state index contributed by atoms with van der Waals surface area (Å²) in [5.74, 6) is -0.301. The van der Waals surface area contributed by atoms with E-state index in [1.807, 2.05) is 12.2 Å². The Hall–Kier alpha value is -1.84. The zero-order valence-electron chi connectivity index (χ0n) is 10.3. The Kier molecular flexibility index (Phi) is 2.40. The molecule has 0 N–H and O–H groups in total. The van der Waals surface area contributed by atoms with E-state index in [1.165, 1.54) is 14.2 Å². The molecule has 4 aliphatic rings. The summed E-state index contributed by atoms with van der Waals surface area (Å²) < 4.78 is 9.62. The Morgan fingerprint density at radius 1 is 0.833 bits per heavy atom. The van der Waals surface area contributed by atoms with Gasteiger partial charge in [-0.15, -0.1) is 0 Å². The molecule has 0 spiro atoms. The van der Waals surface area contributed by atoms with Gasteiger partial charge in [0.1, 0.15) is 0 Å². The smallest absolute Gasteiger partial charge is 0.334 e. The maximum absolute atomic E-state index is 11.9. The van der Waals surface area contributed by atoms with Crippen LogP contribution in [0.4, 0.5) is 0 Å². The molecule has 4 heteroatoms. The van der Waals surface area contributed by atoms with Crippen molar-refractivity contribution in [1.82, 2.24) is 0 Å². The molecule has 0 radical (unpaired) electrons. The van der Waals surface area contributed by atoms with E-state index in [2.05, 4.69) is 12.2 Å². The lowest BCUT2D eigenvalue weighted by molar-refractivity contribution is -0.141. The largest absolute Gasteiger partial charge is 0.466 e. The topological polar surface area (TPSA) is 52.6 Å². The highest BCUT2D eigenvalue weighted by Crippen LogP contribution is 2.53. The molecule has 18 heavy (non-hydrogen) atoms. The van der Waals surface area contributed by atoms with E-state index in [4.69, 9.17) is 9.47 Å². The van der Waals surface area contributed by atoms with Crippen LogP contribution in [0, 0.1) is 23.7 Å². The molecule has 4 nitrogen and oxygen atoms in total. The molecule has 2 bridgehead atoms. The van der Waals surface area contributed by atoms with Gasteiger partial charge in [-0.1, -0.05) is 24.3 Å². The van der Waals surface area contributed by atoms with Crippen molar-refractivity contribution >= 4 is 11.9 Å². The predicted octanol–water partition coefficient (Wildman–Crippen LogP) is 1.25. The molecular weight excluding hydrogens is 232 g/mol. The zero-order valence-corrected chi connectivity index (χ0v) is 10.3. The minimum absolute atomic E-state index is 0.0495. The molecule has 0 aliphatic heterocycles. The number of hydrogen-bond donors (Lipinski definition) is 0. The number of esters is 2. The Labute approximate surface area is 105 Å². The molecule has 0 aromatic rings. The first-order valence-electron chi connectivity index (χ1n) is 5.96. The van der Waals surface area contributed by atoms with Crippen LogP contribution >= 0.6 is 0 Å². The van der Waals surface area contributed by atoms with Crippen LogP contribution < -0.4 is 0 Å². The van der Waals surface area contributed by atoms with Gasteiger partial charge in [-0.05, 0) is 11.8 Å². The molecule has 4 aliphatic carbocycles. The molecule has 0 heterocycles. The fourth-order valence-corrected chi connectivity index (χ4v) is 3.23. The third-order valence-electron chi connectivity index (χ3n) is 4.12. The van der Waals surface area contributed by atoms with Gasteiger partial charge in [0.15, 0.2) is 0 Å². The third kappa shape index (κ3) is 1.26. The van der Waals surface area contributed by atoms with Crippen LogP contribution in [-0.4, -0.2) is 26.2 Å². The van der Waals surface area contributed by atoms with Crippen molar-refractivity contribution in [3.8, 4) is 0 Å². The van der Waals surface area contributed by atoms with Crippen LogP contribution in [0.15, 0.2) is 35.5 Å². The number of ether oxygens (including phenoxy) is 2. The van der Waals surface area contributed by atoms with Crippen molar-refractivity contribution in [3.63, 3.8) is 0 Å². The number of methoxy groups -OCH3 is 2. The monoisotopic (exact) mass is 246 g/mol. The Balaban J connectivity index is 2.11. The van der Waals surface area contributed by atoms with Gasteiger partial charge in [0.05, 0.1) is 25.4 Å². The number of allylic oxidation sites excluding steroid dienone is 4. The minimum atomic E-state index is -0.423. The second-order valence-corrected chi connectivity index (χ2v) is 4.79. The molecule has 0 aromatic carbocycles. The van der Waals surface area contributed by atoms with Crippen LogP contribution in [0.1, 0.15) is 0 Å². The summed E-state index contributed by atoms with van der Waals surface area (Å²) in [6.07, 6.45) is 8.22. The summed E-state index contributed by atoms with van der Waals surface area (Å²) in [5, 5.41) is 0. The standard InChI is InChI=1S/C14H14O4/c1-17-13(15)11-9-5-6-10(8-4-3-7(8)9)12(11)14(16)18-2/h3-10H,1-2H3/t7-,8-,9+,10+/m0/s1. The van der Waals surface area contributed by atoms with Gasteiger partial charge in [0.2, 0.25) is 0 Å². The van der Waals surface area contributed by atoms with Crippen molar-refractivity contribution in [1.29, 1.82) is 0 Å². The van der Waals surface area contributed by atoms with Crippen LogP contribution in [-0.2, 0) is 19.1 Å². The molecule has 0 unspecified atom stereocenters. The number of carbonyl (C=O) groups is 2. The lowest BCUT2D eigenvalue weighted by Gasteiger charge is -2.47. The highest BCUT2D eigenvalue weighted by atomic mass is 16.5. The number of carbonyl (C=O) groups excluding carboxylic acids is 2. The number of hydrogen-bond acceptors (Lipinski definition) is 4. The quantitative estimate of drug-likeness (QED) is 0.543. The lowest BCUT2D eigenvalue weighted by Crippen LogP contribution is -2.45. The molecule has 4 rings (SSSR count). The second kappa shape index (κ2) is 3.83. The van der Waals surface area contributed by atoms with Crippen LogP contribution in [0.5, 0.6) is 0 Å². The first-order chi connectivity index (χ1) is 8.69. The van der Waals surface area contributed by atoms with E-state index in [0.717, 1.165) is 0 Å². The van der Waals surface area contributed by atoms with Crippen LogP contribution in [0.25, 0.3) is 0 Å². The molecule has 0 amide bonds. The summed E-state index contributed by atoms with van der Waals surface area (Å²) in [7, 11) is 2.68. The number of rotatable bonds is 2. The SMILES string of the molecule is COC(=O)C1=C(C(=O)OC)[C@@H]2C=C[C@@H]1[C@H]1C=C[C@@H]12. The van der Waals surface area contributed by atoms with Crippen molar-refractivity contribution in [2.24, 2.45) is 23.7 Å². The van der Waals surface area contributed by atoms with Crippen LogP contribution in [0.2, 0.25) is 0 Å². The highest BCUT2D eigenvalue weighted by molar-refractivity contribution is 6.02. The minimum Gasteiger partial charge on any atom is -0.466 e. The Bertz CT molecular complexity index is 468. The van der Waals surface area contributed by atoms with Gasteiger partial charge < -0.3 is 9.47 Å². The van der Waals surface area contributed by atoms with Gasteiger partial charge in [-0.2, -0.15) is 0 Å². The maximum atomic E-state index is 11.9. The molecule has 94 valence electrons. The van der Waals surface area contributed by atoms with Gasteiger partial charge in [-0.3, -0.25) is 0 Å². The second-order valence-electron chi connectivity index (χ2n) is 4.79. The average molecular weight is 246 g/mol. The predicted molar refractivity (Wildman–Crippen MR) is 63.3 cm³/mol. The zero-order chi connectivity index (χ0) is 12.9. The molecule has 0 aromatic heterocycles. The molecule has 4 atom stereocenters. The van der Waals surface area contributed by atoms with Crippen molar-refractivity contribution in [2.75, 3.05) is 14.2 Å². The van der Waals surface area contributed by atoms with Gasteiger partial charge >= 0.3 is 11.9 Å². The molecule has 0 saturated carbocycles. The first-order valence-corrected chi connectivity index (χ1v) is 5.96. The van der Waals surface area contributed by atoms with Gasteiger partial charge in [0.25, 0.3) is 0 Å².